The predicted molar refractivity (Wildman–Crippen MR) is 67.2 cm³/mol. The van der Waals surface area contributed by atoms with Crippen LogP contribution in [0.2, 0.25) is 0 Å². The van der Waals surface area contributed by atoms with Crippen LogP contribution >= 0.6 is 0 Å². The van der Waals surface area contributed by atoms with Gasteiger partial charge in [-0.05, 0) is 30.7 Å². The summed E-state index contributed by atoms with van der Waals surface area (Å²) in [7, 11) is 0. The summed E-state index contributed by atoms with van der Waals surface area (Å²) in [5, 5.41) is 47.6. The van der Waals surface area contributed by atoms with Crippen LogP contribution in [0.3, 0.4) is 0 Å². The van der Waals surface area contributed by atoms with E-state index in [4.69, 9.17) is 14.6 Å². The molecule has 20 heavy (non-hydrogen) atoms. The first-order chi connectivity index (χ1) is 9.43. The second-order valence-electron chi connectivity index (χ2n) is 4.76. The molecule has 1 fully saturated rings. The minimum absolute atomic E-state index is 0.103. The zero-order valence-corrected chi connectivity index (χ0v) is 10.9. The van der Waals surface area contributed by atoms with Crippen molar-refractivity contribution in [2.75, 3.05) is 6.61 Å². The smallest absolute Gasteiger partial charge is 0.229 e. The second-order valence-corrected chi connectivity index (χ2v) is 4.76. The number of hydrogen-bond acceptors (Lipinski definition) is 7. The lowest BCUT2D eigenvalue weighted by Crippen LogP contribution is -2.60. The molecule has 1 aliphatic rings. The Morgan fingerprint density at radius 3 is 2.45 bits per heavy atom. The Balaban J connectivity index is 2.13. The van der Waals surface area contributed by atoms with Crippen molar-refractivity contribution in [2.45, 2.75) is 37.6 Å². The van der Waals surface area contributed by atoms with Crippen molar-refractivity contribution >= 4 is 0 Å². The van der Waals surface area contributed by atoms with Crippen LogP contribution in [0.4, 0.5) is 0 Å². The van der Waals surface area contributed by atoms with Gasteiger partial charge in [-0.25, -0.2) is 0 Å². The third-order valence-electron chi connectivity index (χ3n) is 3.27. The number of ether oxygens (including phenoxy) is 2. The largest absolute Gasteiger partial charge is 0.508 e. The Hall–Kier alpha value is -1.38. The van der Waals surface area contributed by atoms with Crippen molar-refractivity contribution in [1.29, 1.82) is 0 Å². The number of aliphatic hydroxyl groups excluding tert-OH is 4. The van der Waals surface area contributed by atoms with Gasteiger partial charge in [-0.2, -0.15) is 0 Å². The van der Waals surface area contributed by atoms with Gasteiger partial charge in [-0.1, -0.05) is 0 Å². The number of benzene rings is 1. The van der Waals surface area contributed by atoms with E-state index in [1.54, 1.807) is 6.92 Å². The molecule has 5 N–H and O–H groups in total. The van der Waals surface area contributed by atoms with Gasteiger partial charge in [0.15, 0.2) is 0 Å². The average molecular weight is 286 g/mol. The highest BCUT2D eigenvalue weighted by atomic mass is 16.7. The fraction of sp³-hybridized carbons (Fsp3) is 0.538. The molecule has 0 spiro atoms. The topological polar surface area (TPSA) is 120 Å². The molecular weight excluding hydrogens is 268 g/mol. The first kappa shape index (κ1) is 15.0. The molecule has 0 amide bonds. The van der Waals surface area contributed by atoms with Gasteiger partial charge < -0.3 is 35.0 Å². The lowest BCUT2D eigenvalue weighted by Gasteiger charge is -2.39. The minimum atomic E-state index is -1.48. The SMILES string of the molecule is Cc1cc(O[C@H]2O[C@H](CO)[C@@H](O)[C@H](O)[C@H]2O)ccc1O. The van der Waals surface area contributed by atoms with Crippen molar-refractivity contribution in [3.63, 3.8) is 0 Å². The summed E-state index contributed by atoms with van der Waals surface area (Å²) in [6, 6.07) is 4.44. The molecule has 1 aliphatic heterocycles. The van der Waals surface area contributed by atoms with Crippen LogP contribution in [0.5, 0.6) is 11.5 Å². The van der Waals surface area contributed by atoms with Crippen LogP contribution in [-0.2, 0) is 4.74 Å². The van der Waals surface area contributed by atoms with Crippen LogP contribution < -0.4 is 4.74 Å². The first-order valence-corrected chi connectivity index (χ1v) is 6.21. The van der Waals surface area contributed by atoms with E-state index in [0.717, 1.165) is 0 Å². The molecule has 0 unspecified atom stereocenters. The highest BCUT2D eigenvalue weighted by Gasteiger charge is 2.44. The molecule has 0 aliphatic carbocycles. The van der Waals surface area contributed by atoms with Gasteiger partial charge in [0.1, 0.15) is 35.9 Å². The summed E-state index contributed by atoms with van der Waals surface area (Å²) in [5.74, 6) is 0.427. The zero-order chi connectivity index (χ0) is 14.9. The van der Waals surface area contributed by atoms with E-state index in [0.29, 0.717) is 11.3 Å². The van der Waals surface area contributed by atoms with Crippen molar-refractivity contribution in [2.24, 2.45) is 0 Å². The molecule has 1 heterocycles. The molecule has 0 saturated carbocycles. The van der Waals surface area contributed by atoms with Crippen LogP contribution in [-0.4, -0.2) is 62.8 Å². The highest BCUT2D eigenvalue weighted by molar-refractivity contribution is 5.38. The average Bonchev–Trinajstić information content (AvgIpc) is 2.43. The quantitative estimate of drug-likeness (QED) is 0.477. The Labute approximate surface area is 115 Å². The molecule has 1 aromatic carbocycles. The van der Waals surface area contributed by atoms with Gasteiger partial charge in [0.25, 0.3) is 0 Å². The number of rotatable bonds is 3. The summed E-state index contributed by atoms with van der Waals surface area (Å²) in [6.07, 6.45) is -6.60. The Kier molecular flexibility index (Phi) is 4.46. The lowest BCUT2D eigenvalue weighted by molar-refractivity contribution is -0.277. The number of hydrogen-bond donors (Lipinski definition) is 5. The number of aromatic hydroxyl groups is 1. The van der Waals surface area contributed by atoms with Crippen molar-refractivity contribution < 1.29 is 35.0 Å². The van der Waals surface area contributed by atoms with Crippen molar-refractivity contribution in [3.8, 4) is 11.5 Å². The molecule has 7 nitrogen and oxygen atoms in total. The van der Waals surface area contributed by atoms with E-state index in [1.807, 2.05) is 0 Å². The Bertz CT molecular complexity index is 462. The fourth-order valence-electron chi connectivity index (χ4n) is 2.00. The Morgan fingerprint density at radius 1 is 1.15 bits per heavy atom. The molecule has 0 aromatic heterocycles. The molecule has 0 bridgehead atoms. The predicted octanol–water partition coefficient (Wildman–Crippen LogP) is -1.12. The first-order valence-electron chi connectivity index (χ1n) is 6.21. The van der Waals surface area contributed by atoms with Gasteiger partial charge in [-0.3, -0.25) is 0 Å². The maximum Gasteiger partial charge on any atom is 0.229 e. The molecule has 2 rings (SSSR count). The van der Waals surface area contributed by atoms with Gasteiger partial charge in [0.2, 0.25) is 6.29 Å². The molecule has 1 saturated heterocycles. The molecule has 7 heteroatoms. The molecule has 112 valence electrons. The summed E-state index contributed by atoms with van der Waals surface area (Å²) in [5.41, 5.74) is 0.576. The number of aliphatic hydroxyl groups is 4. The van der Waals surface area contributed by atoms with Crippen molar-refractivity contribution in [1.82, 2.24) is 0 Å². The standard InChI is InChI=1S/C13H18O7/c1-6-4-7(2-3-8(6)15)19-13-12(18)11(17)10(16)9(5-14)20-13/h2-4,9-18H,5H2,1H3/t9-,10-,11+,12-,13+/m1/s1. The normalized spacial score (nSPS) is 34.0. The molecule has 0 radical (unpaired) electrons. The van der Waals surface area contributed by atoms with E-state index in [-0.39, 0.29) is 5.75 Å². The molecule has 1 aromatic rings. The summed E-state index contributed by atoms with van der Waals surface area (Å²) in [6.45, 7) is 1.16. The van der Waals surface area contributed by atoms with Gasteiger partial charge in [-0.15, -0.1) is 0 Å². The minimum Gasteiger partial charge on any atom is -0.508 e. The molecule has 5 atom stereocenters. The third kappa shape index (κ3) is 2.87. The monoisotopic (exact) mass is 286 g/mol. The zero-order valence-electron chi connectivity index (χ0n) is 10.9. The van der Waals surface area contributed by atoms with Gasteiger partial charge >= 0.3 is 0 Å². The van der Waals surface area contributed by atoms with Crippen LogP contribution in [0.25, 0.3) is 0 Å². The number of phenolic OH excluding ortho intramolecular Hbond substituents is 1. The second kappa shape index (κ2) is 5.94. The van der Waals surface area contributed by atoms with Crippen molar-refractivity contribution in [3.05, 3.63) is 23.8 Å². The van der Waals surface area contributed by atoms with E-state index < -0.39 is 37.3 Å². The van der Waals surface area contributed by atoms with Gasteiger partial charge in [0.05, 0.1) is 6.61 Å². The maximum atomic E-state index is 9.82. The number of aryl methyl sites for hydroxylation is 1. The molecular formula is C13H18O7. The van der Waals surface area contributed by atoms with Gasteiger partial charge in [0, 0.05) is 0 Å². The van der Waals surface area contributed by atoms with Crippen LogP contribution in [0.15, 0.2) is 18.2 Å². The lowest BCUT2D eigenvalue weighted by atomic mass is 9.99. The number of phenols is 1. The summed E-state index contributed by atoms with van der Waals surface area (Å²) in [4.78, 5) is 0. The van der Waals surface area contributed by atoms with E-state index in [9.17, 15) is 20.4 Å². The third-order valence-corrected chi connectivity index (χ3v) is 3.27. The summed E-state index contributed by atoms with van der Waals surface area (Å²) < 4.78 is 10.6. The van der Waals surface area contributed by atoms with E-state index in [1.165, 1.54) is 18.2 Å². The summed E-state index contributed by atoms with van der Waals surface area (Å²) >= 11 is 0. The Morgan fingerprint density at radius 2 is 1.85 bits per heavy atom. The highest BCUT2D eigenvalue weighted by Crippen LogP contribution is 2.27. The van der Waals surface area contributed by atoms with Crippen LogP contribution in [0, 0.1) is 6.92 Å². The fourth-order valence-corrected chi connectivity index (χ4v) is 2.00. The van der Waals surface area contributed by atoms with E-state index in [2.05, 4.69) is 0 Å². The van der Waals surface area contributed by atoms with E-state index >= 15 is 0 Å². The maximum absolute atomic E-state index is 9.82. The van der Waals surface area contributed by atoms with Crippen LogP contribution in [0.1, 0.15) is 5.56 Å².